The number of hydrogen-bond donors (Lipinski definition) is 2. The number of rotatable bonds is 7. The quantitative estimate of drug-likeness (QED) is 0.379. The molecule has 2 N–H and O–H groups in total. The van der Waals surface area contributed by atoms with Crippen LogP contribution in [0.3, 0.4) is 0 Å². The van der Waals surface area contributed by atoms with Crippen molar-refractivity contribution in [2.24, 2.45) is 5.92 Å². The zero-order valence-electron chi connectivity index (χ0n) is 20.0. The van der Waals surface area contributed by atoms with Crippen molar-refractivity contribution < 1.29 is 9.30 Å². The van der Waals surface area contributed by atoms with Gasteiger partial charge in [0.15, 0.2) is 5.82 Å². The van der Waals surface area contributed by atoms with Crippen LogP contribution in [-0.2, 0) is 4.57 Å². The molecule has 2 aromatic carbocycles. The van der Waals surface area contributed by atoms with Crippen LogP contribution in [0.1, 0.15) is 19.8 Å². The van der Waals surface area contributed by atoms with E-state index in [0.29, 0.717) is 28.2 Å². The van der Waals surface area contributed by atoms with E-state index in [1.807, 2.05) is 36.4 Å². The smallest absolute Gasteiger partial charge is 0.229 e. The Labute approximate surface area is 206 Å². The lowest BCUT2D eigenvalue weighted by molar-refractivity contribution is 0.415. The number of ether oxygens (including phenoxy) is 1. The molecule has 0 radical (unpaired) electrons. The van der Waals surface area contributed by atoms with Crippen molar-refractivity contribution in [1.82, 2.24) is 9.97 Å². The summed E-state index contributed by atoms with van der Waals surface area (Å²) >= 11 is 6.38. The Hall–Kier alpha value is -2.76. The number of piperidine rings is 1. The van der Waals surface area contributed by atoms with Gasteiger partial charge < -0.3 is 24.8 Å². The monoisotopic (exact) mass is 499 g/mol. The Kier molecular flexibility index (Phi) is 7.34. The van der Waals surface area contributed by atoms with Crippen molar-refractivity contribution in [1.29, 1.82) is 0 Å². The van der Waals surface area contributed by atoms with Crippen LogP contribution in [0, 0.1) is 5.92 Å². The lowest BCUT2D eigenvalue weighted by Gasteiger charge is -2.32. The molecule has 180 valence electrons. The van der Waals surface area contributed by atoms with Gasteiger partial charge in [-0.15, -0.1) is 0 Å². The van der Waals surface area contributed by atoms with E-state index < -0.39 is 7.14 Å². The fourth-order valence-electron chi connectivity index (χ4n) is 4.06. The highest BCUT2D eigenvalue weighted by Crippen LogP contribution is 2.39. The number of nitrogens with one attached hydrogen (secondary N) is 2. The van der Waals surface area contributed by atoms with E-state index in [0.717, 1.165) is 35.7 Å². The average molecular weight is 500 g/mol. The van der Waals surface area contributed by atoms with Crippen molar-refractivity contribution in [2.45, 2.75) is 19.8 Å². The normalized spacial score (nSPS) is 14.7. The third-order valence-corrected chi connectivity index (χ3v) is 7.89. The summed E-state index contributed by atoms with van der Waals surface area (Å²) in [5.74, 6) is 2.29. The summed E-state index contributed by atoms with van der Waals surface area (Å²) in [6, 6.07) is 13.6. The van der Waals surface area contributed by atoms with E-state index in [9.17, 15) is 4.57 Å². The van der Waals surface area contributed by atoms with Crippen LogP contribution >= 0.6 is 18.7 Å². The molecular formula is C25H31ClN5O2P. The highest BCUT2D eigenvalue weighted by atomic mass is 35.5. The topological polar surface area (TPSA) is 79.4 Å². The van der Waals surface area contributed by atoms with Gasteiger partial charge in [-0.05, 0) is 56.4 Å². The Morgan fingerprint density at radius 3 is 2.53 bits per heavy atom. The maximum Gasteiger partial charge on any atom is 0.229 e. The maximum atomic E-state index is 12.7. The van der Waals surface area contributed by atoms with Crippen LogP contribution in [0.25, 0.3) is 0 Å². The lowest BCUT2D eigenvalue weighted by atomic mass is 9.99. The molecule has 1 saturated heterocycles. The predicted octanol–water partition coefficient (Wildman–Crippen LogP) is 6.11. The molecule has 1 aliphatic heterocycles. The number of halogens is 1. The van der Waals surface area contributed by atoms with Crippen LogP contribution in [0.4, 0.5) is 28.8 Å². The van der Waals surface area contributed by atoms with Gasteiger partial charge in [0.05, 0.1) is 24.7 Å². The highest BCUT2D eigenvalue weighted by Gasteiger charge is 2.19. The van der Waals surface area contributed by atoms with Gasteiger partial charge in [0, 0.05) is 30.1 Å². The Bertz CT molecular complexity index is 1210. The molecule has 0 bridgehead atoms. The molecule has 3 aromatic rings. The summed E-state index contributed by atoms with van der Waals surface area (Å²) in [6.07, 6.45) is 3.94. The van der Waals surface area contributed by atoms with E-state index in [2.05, 4.69) is 38.5 Å². The van der Waals surface area contributed by atoms with Crippen molar-refractivity contribution >= 4 is 52.9 Å². The standard InChI is InChI=1S/C25H31ClN5O2P/c1-17-11-13-31(14-12-17)18-9-10-20(22(15-18)33-2)29-25-27-16-19(26)24(30-25)28-21-7-5-6-8-23(21)34(3,4)32/h5-10,15-17H,11-14H2,1-4H3,(H2,27,28,29,30). The molecule has 4 rings (SSSR count). The van der Waals surface area contributed by atoms with E-state index in [1.54, 1.807) is 20.4 Å². The minimum atomic E-state index is -2.49. The Morgan fingerprint density at radius 2 is 1.82 bits per heavy atom. The number of benzene rings is 2. The molecular weight excluding hydrogens is 469 g/mol. The largest absolute Gasteiger partial charge is 0.494 e. The van der Waals surface area contributed by atoms with Crippen LogP contribution in [0.2, 0.25) is 5.02 Å². The molecule has 0 atom stereocenters. The summed E-state index contributed by atoms with van der Waals surface area (Å²) in [5.41, 5.74) is 2.62. The van der Waals surface area contributed by atoms with Gasteiger partial charge in [-0.2, -0.15) is 4.98 Å². The van der Waals surface area contributed by atoms with Gasteiger partial charge in [-0.1, -0.05) is 30.7 Å². The minimum absolute atomic E-state index is 0.365. The summed E-state index contributed by atoms with van der Waals surface area (Å²) in [7, 11) is -0.835. The van der Waals surface area contributed by atoms with Crippen LogP contribution in [0.5, 0.6) is 5.75 Å². The fraction of sp³-hybridized carbons (Fsp3) is 0.360. The molecule has 7 nitrogen and oxygen atoms in total. The zero-order valence-corrected chi connectivity index (χ0v) is 21.7. The van der Waals surface area contributed by atoms with Crippen LogP contribution in [0.15, 0.2) is 48.7 Å². The molecule has 9 heteroatoms. The minimum Gasteiger partial charge on any atom is -0.494 e. The molecule has 1 fully saturated rings. The van der Waals surface area contributed by atoms with Gasteiger partial charge in [-0.25, -0.2) is 4.98 Å². The first-order valence-corrected chi connectivity index (χ1v) is 14.4. The summed E-state index contributed by atoms with van der Waals surface area (Å²) < 4.78 is 18.4. The van der Waals surface area contributed by atoms with Gasteiger partial charge in [0.25, 0.3) is 0 Å². The van der Waals surface area contributed by atoms with E-state index in [-0.39, 0.29) is 0 Å². The zero-order chi connectivity index (χ0) is 24.3. The second-order valence-corrected chi connectivity index (χ2v) is 12.7. The van der Waals surface area contributed by atoms with Gasteiger partial charge >= 0.3 is 0 Å². The fourth-order valence-corrected chi connectivity index (χ4v) is 5.35. The van der Waals surface area contributed by atoms with E-state index in [1.165, 1.54) is 19.0 Å². The average Bonchev–Trinajstić information content (AvgIpc) is 2.81. The second kappa shape index (κ2) is 10.2. The molecule has 1 aliphatic rings. The molecule has 34 heavy (non-hydrogen) atoms. The summed E-state index contributed by atoms with van der Waals surface area (Å²) in [6.45, 7) is 7.89. The van der Waals surface area contributed by atoms with Crippen LogP contribution < -0.4 is 25.6 Å². The molecule has 1 aromatic heterocycles. The maximum absolute atomic E-state index is 12.7. The molecule has 2 heterocycles. The molecule has 0 aliphatic carbocycles. The van der Waals surface area contributed by atoms with Gasteiger partial charge in [0.1, 0.15) is 17.9 Å². The van der Waals surface area contributed by atoms with Crippen LogP contribution in [-0.4, -0.2) is 43.5 Å². The SMILES string of the molecule is COc1cc(N2CCC(C)CC2)ccc1Nc1ncc(Cl)c(Nc2ccccc2P(C)(C)=O)n1. The number of methoxy groups -OCH3 is 1. The number of anilines is 5. The number of para-hydroxylation sites is 1. The molecule has 0 saturated carbocycles. The van der Waals surface area contributed by atoms with Crippen molar-refractivity contribution in [3.05, 3.63) is 53.7 Å². The van der Waals surface area contributed by atoms with Crippen molar-refractivity contribution in [2.75, 3.05) is 49.1 Å². The van der Waals surface area contributed by atoms with E-state index in [4.69, 9.17) is 16.3 Å². The molecule has 0 amide bonds. The predicted molar refractivity (Wildman–Crippen MR) is 143 cm³/mol. The summed E-state index contributed by atoms with van der Waals surface area (Å²) in [4.78, 5) is 11.3. The Balaban J connectivity index is 1.56. The van der Waals surface area contributed by atoms with Crippen molar-refractivity contribution in [3.8, 4) is 5.75 Å². The Morgan fingerprint density at radius 1 is 1.09 bits per heavy atom. The third-order valence-electron chi connectivity index (χ3n) is 6.06. The summed E-state index contributed by atoms with van der Waals surface area (Å²) in [5, 5.41) is 7.57. The number of hydrogen-bond acceptors (Lipinski definition) is 7. The first-order valence-electron chi connectivity index (χ1n) is 11.4. The van der Waals surface area contributed by atoms with Gasteiger partial charge in [0.2, 0.25) is 5.95 Å². The molecule has 0 unspecified atom stereocenters. The van der Waals surface area contributed by atoms with Crippen molar-refractivity contribution in [3.63, 3.8) is 0 Å². The number of nitrogens with zero attached hydrogens (tertiary/aromatic N) is 3. The second-order valence-electron chi connectivity index (χ2n) is 9.06. The first kappa shape index (κ1) is 24.4. The van der Waals surface area contributed by atoms with E-state index >= 15 is 0 Å². The van der Waals surface area contributed by atoms with Gasteiger partial charge in [-0.3, -0.25) is 0 Å². The lowest BCUT2D eigenvalue weighted by Crippen LogP contribution is -2.32. The highest BCUT2D eigenvalue weighted by molar-refractivity contribution is 7.70. The number of aromatic nitrogens is 2. The first-order chi connectivity index (χ1) is 16.2. The third kappa shape index (κ3) is 5.65. The molecule has 0 spiro atoms.